The number of anilines is 1. The summed E-state index contributed by atoms with van der Waals surface area (Å²) in [4.78, 5) is -0.0251. The van der Waals surface area contributed by atoms with Crippen molar-refractivity contribution in [3.63, 3.8) is 0 Å². The van der Waals surface area contributed by atoms with Crippen LogP contribution in [0, 0.1) is 11.6 Å². The van der Waals surface area contributed by atoms with Gasteiger partial charge < -0.3 is 15.0 Å². The van der Waals surface area contributed by atoms with E-state index in [1.54, 1.807) is 20.9 Å². The molecule has 0 aliphatic rings. The number of nitrogens with one attached hydrogen (secondary N) is 2. The summed E-state index contributed by atoms with van der Waals surface area (Å²) >= 11 is 5.56. The second kappa shape index (κ2) is 7.28. The average Bonchev–Trinajstić information content (AvgIpc) is 2.86. The Kier molecular flexibility index (Phi) is 5.72. The molecular formula is C15H18ClF2N3O3S. The lowest BCUT2D eigenvalue weighted by atomic mass is 10.2. The summed E-state index contributed by atoms with van der Waals surface area (Å²) in [5.74, 6) is -2.35. The van der Waals surface area contributed by atoms with Gasteiger partial charge in [-0.25, -0.2) is 21.9 Å². The zero-order valence-electron chi connectivity index (χ0n) is 13.7. The molecule has 10 heteroatoms. The van der Waals surface area contributed by atoms with Crippen molar-refractivity contribution in [1.82, 2.24) is 9.29 Å². The molecule has 2 aromatic rings. The molecule has 0 saturated heterocycles. The van der Waals surface area contributed by atoms with E-state index in [1.165, 1.54) is 16.8 Å². The number of benzene rings is 1. The molecule has 25 heavy (non-hydrogen) atoms. The van der Waals surface area contributed by atoms with Crippen molar-refractivity contribution in [3.8, 4) is 0 Å². The summed E-state index contributed by atoms with van der Waals surface area (Å²) in [5.41, 5.74) is 0.257. The number of rotatable bonds is 6. The van der Waals surface area contributed by atoms with E-state index in [2.05, 4.69) is 10.0 Å². The molecule has 0 bridgehead atoms. The third-order valence-electron chi connectivity index (χ3n) is 3.29. The maximum absolute atomic E-state index is 13.4. The Labute approximate surface area is 149 Å². The fraction of sp³-hybridized carbons (Fsp3) is 0.333. The molecule has 0 amide bonds. The highest BCUT2D eigenvalue weighted by Crippen LogP contribution is 2.26. The fourth-order valence-electron chi connectivity index (χ4n) is 2.22. The van der Waals surface area contributed by atoms with Gasteiger partial charge >= 0.3 is 0 Å². The van der Waals surface area contributed by atoms with Crippen LogP contribution in [0.1, 0.15) is 25.8 Å². The first-order valence-corrected chi connectivity index (χ1v) is 9.15. The van der Waals surface area contributed by atoms with Crippen LogP contribution in [0.15, 0.2) is 29.3 Å². The van der Waals surface area contributed by atoms with E-state index in [0.29, 0.717) is 0 Å². The highest BCUT2D eigenvalue weighted by atomic mass is 35.5. The van der Waals surface area contributed by atoms with Crippen molar-refractivity contribution < 1.29 is 22.3 Å². The molecule has 1 aromatic heterocycles. The molecule has 0 spiro atoms. The predicted molar refractivity (Wildman–Crippen MR) is 90.8 cm³/mol. The first kappa shape index (κ1) is 19.6. The van der Waals surface area contributed by atoms with Crippen LogP contribution in [0.4, 0.5) is 14.5 Å². The zero-order chi connectivity index (χ0) is 18.9. The molecule has 6 nitrogen and oxygen atoms in total. The van der Waals surface area contributed by atoms with Gasteiger partial charge in [0.15, 0.2) is 17.9 Å². The van der Waals surface area contributed by atoms with Gasteiger partial charge in [-0.2, -0.15) is 0 Å². The van der Waals surface area contributed by atoms with Gasteiger partial charge in [0.1, 0.15) is 4.90 Å². The van der Waals surface area contributed by atoms with Crippen LogP contribution in [0.25, 0.3) is 0 Å². The van der Waals surface area contributed by atoms with E-state index in [4.69, 9.17) is 11.6 Å². The third-order valence-corrected chi connectivity index (χ3v) is 5.19. The fourth-order valence-corrected chi connectivity index (χ4v) is 3.76. The number of aromatic nitrogens is 1. The van der Waals surface area contributed by atoms with E-state index in [9.17, 15) is 22.3 Å². The summed E-state index contributed by atoms with van der Waals surface area (Å²) in [6.45, 7) is 3.37. The molecule has 0 radical (unpaired) electrons. The van der Waals surface area contributed by atoms with Gasteiger partial charge in [0, 0.05) is 31.0 Å². The first-order valence-electron chi connectivity index (χ1n) is 7.29. The summed E-state index contributed by atoms with van der Waals surface area (Å²) in [6, 6.07) is 2.94. The number of halogens is 3. The molecular weight excluding hydrogens is 376 g/mol. The van der Waals surface area contributed by atoms with Gasteiger partial charge in [-0.15, -0.1) is 0 Å². The Morgan fingerprint density at radius 2 is 1.88 bits per heavy atom. The second-order valence-corrected chi connectivity index (χ2v) is 7.91. The molecule has 1 aromatic carbocycles. The number of hydrogen-bond donors (Lipinski definition) is 3. The van der Waals surface area contributed by atoms with Crippen LogP contribution >= 0.6 is 11.6 Å². The van der Waals surface area contributed by atoms with Crippen LogP contribution in [0.2, 0.25) is 5.02 Å². The Balaban J connectivity index is 2.27. The molecule has 1 atom stereocenters. The van der Waals surface area contributed by atoms with E-state index >= 15 is 0 Å². The van der Waals surface area contributed by atoms with Crippen molar-refractivity contribution in [2.75, 3.05) is 5.32 Å². The molecule has 1 heterocycles. The van der Waals surface area contributed by atoms with Crippen LogP contribution in [0.5, 0.6) is 0 Å². The van der Waals surface area contributed by atoms with E-state index in [-0.39, 0.29) is 22.3 Å². The van der Waals surface area contributed by atoms with Crippen LogP contribution in [-0.4, -0.2) is 24.1 Å². The molecule has 0 aliphatic carbocycles. The maximum atomic E-state index is 13.4. The van der Waals surface area contributed by atoms with Gasteiger partial charge in [-0.05, 0) is 26.0 Å². The monoisotopic (exact) mass is 393 g/mol. The molecule has 0 aliphatic heterocycles. The second-order valence-electron chi connectivity index (χ2n) is 5.79. The largest absolute Gasteiger partial charge is 0.368 e. The smallest absolute Gasteiger partial charge is 0.242 e. The maximum Gasteiger partial charge on any atom is 0.242 e. The molecule has 138 valence electrons. The topological polar surface area (TPSA) is 83.4 Å². The number of sulfonamides is 1. The molecule has 1 unspecified atom stereocenters. The van der Waals surface area contributed by atoms with E-state index < -0.39 is 32.9 Å². The van der Waals surface area contributed by atoms with Gasteiger partial charge in [0.25, 0.3) is 0 Å². The molecule has 2 rings (SSSR count). The van der Waals surface area contributed by atoms with Crippen LogP contribution in [0.3, 0.4) is 0 Å². The first-order chi connectivity index (χ1) is 11.5. The quantitative estimate of drug-likeness (QED) is 0.520. The van der Waals surface area contributed by atoms with Crippen LogP contribution < -0.4 is 10.0 Å². The van der Waals surface area contributed by atoms with Crippen LogP contribution in [-0.2, 0) is 17.1 Å². The van der Waals surface area contributed by atoms with E-state index in [0.717, 1.165) is 12.1 Å². The minimum Gasteiger partial charge on any atom is -0.368 e. The van der Waals surface area contributed by atoms with Crippen molar-refractivity contribution in [1.29, 1.82) is 0 Å². The molecule has 0 saturated carbocycles. The normalized spacial score (nSPS) is 13.3. The highest BCUT2D eigenvalue weighted by Gasteiger charge is 2.22. The molecule has 0 fully saturated rings. The SMILES string of the molecule is CC(C)NS(=O)(=O)c1cc(C(O)Nc2cc(F)c(F)c(Cl)c2)n(C)c1. The summed E-state index contributed by atoms with van der Waals surface area (Å²) in [5, 5.41) is 12.4. The number of aliphatic hydroxyl groups is 1. The number of hydrogen-bond acceptors (Lipinski definition) is 4. The Hall–Kier alpha value is -1.68. The van der Waals surface area contributed by atoms with Gasteiger partial charge in [0.05, 0.1) is 10.7 Å². The number of aliphatic hydroxyl groups excluding tert-OH is 1. The molecule has 3 N–H and O–H groups in total. The summed E-state index contributed by atoms with van der Waals surface area (Å²) < 4.78 is 54.8. The summed E-state index contributed by atoms with van der Waals surface area (Å²) in [7, 11) is -2.18. The summed E-state index contributed by atoms with van der Waals surface area (Å²) in [6.07, 6.45) is -0.0303. The lowest BCUT2D eigenvalue weighted by Gasteiger charge is -2.15. The van der Waals surface area contributed by atoms with Gasteiger partial charge in [-0.1, -0.05) is 11.6 Å². The highest BCUT2D eigenvalue weighted by molar-refractivity contribution is 7.89. The Morgan fingerprint density at radius 1 is 1.24 bits per heavy atom. The van der Waals surface area contributed by atoms with Crippen molar-refractivity contribution in [2.45, 2.75) is 31.0 Å². The standard InChI is InChI=1S/C15H18ClF2N3O3S/c1-8(2)20-25(23,24)10-6-13(21(3)7-10)15(22)19-9-4-11(16)14(18)12(17)5-9/h4-8,15,19-20,22H,1-3H3. The number of nitrogens with zero attached hydrogens (tertiary/aromatic N) is 1. The minimum atomic E-state index is -3.73. The lowest BCUT2D eigenvalue weighted by Crippen LogP contribution is -2.29. The number of aryl methyl sites for hydroxylation is 1. The third kappa shape index (κ3) is 4.49. The minimum absolute atomic E-state index is 0.0251. The van der Waals surface area contributed by atoms with Crippen molar-refractivity contribution >= 4 is 27.3 Å². The van der Waals surface area contributed by atoms with Crippen molar-refractivity contribution in [3.05, 3.63) is 46.7 Å². The predicted octanol–water partition coefficient (Wildman–Crippen LogP) is 2.75. The Morgan fingerprint density at radius 3 is 2.44 bits per heavy atom. The zero-order valence-corrected chi connectivity index (χ0v) is 15.3. The van der Waals surface area contributed by atoms with Gasteiger partial charge in [0.2, 0.25) is 10.0 Å². The Bertz CT molecular complexity index is 861. The van der Waals surface area contributed by atoms with Gasteiger partial charge in [-0.3, -0.25) is 0 Å². The van der Waals surface area contributed by atoms with Crippen molar-refractivity contribution in [2.24, 2.45) is 7.05 Å². The lowest BCUT2D eigenvalue weighted by molar-refractivity contribution is 0.199. The average molecular weight is 394 g/mol. The van der Waals surface area contributed by atoms with E-state index in [1.807, 2.05) is 0 Å².